The van der Waals surface area contributed by atoms with Crippen LogP contribution in [0.15, 0.2) is 42.6 Å². The summed E-state index contributed by atoms with van der Waals surface area (Å²) in [4.78, 5) is 28.5. The number of carboxylic acid groups (broad SMARTS) is 1. The van der Waals surface area contributed by atoms with E-state index in [0.29, 0.717) is 16.8 Å². The van der Waals surface area contributed by atoms with E-state index in [1.165, 1.54) is 23.2 Å². The molecule has 0 saturated heterocycles. The van der Waals surface area contributed by atoms with Crippen molar-refractivity contribution in [1.82, 2.24) is 9.88 Å². The lowest BCUT2D eigenvalue weighted by atomic mass is 10.1. The second-order valence-corrected chi connectivity index (χ2v) is 4.52. The van der Waals surface area contributed by atoms with Gasteiger partial charge in [0.15, 0.2) is 0 Å². The third-order valence-corrected chi connectivity index (χ3v) is 2.82. The summed E-state index contributed by atoms with van der Waals surface area (Å²) in [6.07, 6.45) is 1.44. The zero-order valence-corrected chi connectivity index (χ0v) is 11.2. The predicted octanol–water partition coefficient (Wildman–Crippen LogP) is 2.15. The molecule has 1 amide bonds. The summed E-state index contributed by atoms with van der Waals surface area (Å²) in [7, 11) is 3.36. The van der Waals surface area contributed by atoms with Gasteiger partial charge in [-0.25, -0.2) is 4.79 Å². The zero-order valence-electron chi connectivity index (χ0n) is 11.2. The van der Waals surface area contributed by atoms with Gasteiger partial charge in [0.2, 0.25) is 0 Å². The molecule has 0 unspecified atom stereocenters. The average Bonchev–Trinajstić information content (AvgIpc) is 2.46. The number of aromatic carboxylic acids is 1. The van der Waals surface area contributed by atoms with E-state index in [9.17, 15) is 9.59 Å². The Kier molecular flexibility index (Phi) is 3.79. The molecule has 0 aliphatic heterocycles. The van der Waals surface area contributed by atoms with E-state index in [1.54, 1.807) is 38.4 Å². The molecule has 0 fully saturated rings. The number of nitrogens with zero attached hydrogens (tertiary/aromatic N) is 2. The van der Waals surface area contributed by atoms with Crippen LogP contribution in [-0.2, 0) is 0 Å². The SMILES string of the molecule is CN(C)C(=O)c1cccc(-c2cc(C(=O)O)ccn2)c1. The van der Waals surface area contributed by atoms with Crippen LogP contribution in [0.3, 0.4) is 0 Å². The minimum Gasteiger partial charge on any atom is -0.478 e. The molecule has 0 saturated carbocycles. The highest BCUT2D eigenvalue weighted by Gasteiger charge is 2.10. The van der Waals surface area contributed by atoms with Crippen molar-refractivity contribution in [1.29, 1.82) is 0 Å². The molecule has 1 heterocycles. The molecule has 5 heteroatoms. The molecular formula is C15H14N2O3. The van der Waals surface area contributed by atoms with Gasteiger partial charge in [-0.1, -0.05) is 12.1 Å². The van der Waals surface area contributed by atoms with Crippen LogP contribution in [-0.4, -0.2) is 41.0 Å². The maximum atomic E-state index is 11.9. The summed E-state index contributed by atoms with van der Waals surface area (Å²) in [6.45, 7) is 0. The summed E-state index contributed by atoms with van der Waals surface area (Å²) < 4.78 is 0. The fourth-order valence-corrected chi connectivity index (χ4v) is 1.79. The lowest BCUT2D eigenvalue weighted by Gasteiger charge is -2.11. The summed E-state index contributed by atoms with van der Waals surface area (Å²) in [5.41, 5.74) is 1.94. The number of hydrogen-bond donors (Lipinski definition) is 1. The second kappa shape index (κ2) is 5.52. The lowest BCUT2D eigenvalue weighted by molar-refractivity contribution is 0.0696. The number of rotatable bonds is 3. The molecule has 5 nitrogen and oxygen atoms in total. The first kappa shape index (κ1) is 13.7. The van der Waals surface area contributed by atoms with Crippen LogP contribution in [0.25, 0.3) is 11.3 Å². The van der Waals surface area contributed by atoms with Gasteiger partial charge in [-0.3, -0.25) is 9.78 Å². The fourth-order valence-electron chi connectivity index (χ4n) is 1.79. The first-order valence-electron chi connectivity index (χ1n) is 6.00. The fraction of sp³-hybridized carbons (Fsp3) is 0.133. The Morgan fingerprint density at radius 2 is 1.85 bits per heavy atom. The number of pyridine rings is 1. The van der Waals surface area contributed by atoms with Crippen molar-refractivity contribution < 1.29 is 14.7 Å². The maximum absolute atomic E-state index is 11.9. The van der Waals surface area contributed by atoms with Crippen LogP contribution in [0.2, 0.25) is 0 Å². The Balaban J connectivity index is 2.43. The van der Waals surface area contributed by atoms with Crippen molar-refractivity contribution in [2.75, 3.05) is 14.1 Å². The minimum atomic E-state index is -1.01. The minimum absolute atomic E-state index is 0.110. The Hall–Kier alpha value is -2.69. The molecule has 1 aromatic carbocycles. The Labute approximate surface area is 116 Å². The molecular weight excluding hydrogens is 256 g/mol. The lowest BCUT2D eigenvalue weighted by Crippen LogP contribution is -2.21. The Bertz CT molecular complexity index is 666. The van der Waals surface area contributed by atoms with Crippen LogP contribution in [0.4, 0.5) is 0 Å². The molecule has 0 radical (unpaired) electrons. The summed E-state index contributed by atoms with van der Waals surface area (Å²) >= 11 is 0. The van der Waals surface area contributed by atoms with Crippen molar-refractivity contribution in [3.8, 4) is 11.3 Å². The van der Waals surface area contributed by atoms with Gasteiger partial charge in [-0.05, 0) is 24.3 Å². The normalized spacial score (nSPS) is 10.1. The number of amides is 1. The molecule has 2 rings (SSSR count). The van der Waals surface area contributed by atoms with E-state index in [1.807, 2.05) is 0 Å². The molecule has 2 aromatic rings. The number of benzene rings is 1. The first-order valence-corrected chi connectivity index (χ1v) is 6.00. The number of aromatic nitrogens is 1. The largest absolute Gasteiger partial charge is 0.478 e. The molecule has 0 aliphatic carbocycles. The molecule has 0 spiro atoms. The predicted molar refractivity (Wildman–Crippen MR) is 74.6 cm³/mol. The third kappa shape index (κ3) is 2.83. The van der Waals surface area contributed by atoms with E-state index < -0.39 is 5.97 Å². The maximum Gasteiger partial charge on any atom is 0.335 e. The highest BCUT2D eigenvalue weighted by atomic mass is 16.4. The van der Waals surface area contributed by atoms with E-state index in [4.69, 9.17) is 5.11 Å². The number of carbonyl (C=O) groups is 2. The van der Waals surface area contributed by atoms with Crippen molar-refractivity contribution in [2.45, 2.75) is 0 Å². The molecule has 0 aliphatic rings. The van der Waals surface area contributed by atoms with Gasteiger partial charge in [0, 0.05) is 31.4 Å². The van der Waals surface area contributed by atoms with Crippen molar-refractivity contribution >= 4 is 11.9 Å². The van der Waals surface area contributed by atoms with Gasteiger partial charge in [0.1, 0.15) is 0 Å². The van der Waals surface area contributed by atoms with Gasteiger partial charge >= 0.3 is 5.97 Å². The summed E-state index contributed by atoms with van der Waals surface area (Å²) in [6, 6.07) is 9.88. The standard InChI is InChI=1S/C15H14N2O3/c1-17(2)14(18)11-5-3-4-10(8-11)13-9-12(15(19)20)6-7-16-13/h3-9H,1-2H3,(H,19,20). The van der Waals surface area contributed by atoms with Crippen molar-refractivity contribution in [3.05, 3.63) is 53.7 Å². The molecule has 0 atom stereocenters. The van der Waals surface area contributed by atoms with Gasteiger partial charge in [-0.15, -0.1) is 0 Å². The number of hydrogen-bond acceptors (Lipinski definition) is 3. The molecule has 20 heavy (non-hydrogen) atoms. The van der Waals surface area contributed by atoms with E-state index >= 15 is 0 Å². The number of carbonyl (C=O) groups excluding carboxylic acids is 1. The topological polar surface area (TPSA) is 70.5 Å². The molecule has 1 N–H and O–H groups in total. The molecule has 0 bridgehead atoms. The molecule has 102 valence electrons. The Morgan fingerprint density at radius 3 is 2.50 bits per heavy atom. The van der Waals surface area contributed by atoms with Gasteiger partial charge in [-0.2, -0.15) is 0 Å². The van der Waals surface area contributed by atoms with Crippen LogP contribution in [0.5, 0.6) is 0 Å². The highest BCUT2D eigenvalue weighted by molar-refractivity contribution is 5.95. The van der Waals surface area contributed by atoms with E-state index in [2.05, 4.69) is 4.98 Å². The van der Waals surface area contributed by atoms with Gasteiger partial charge in [0.05, 0.1) is 11.3 Å². The Morgan fingerprint density at radius 1 is 1.10 bits per heavy atom. The smallest absolute Gasteiger partial charge is 0.335 e. The first-order chi connectivity index (χ1) is 9.49. The van der Waals surface area contributed by atoms with Crippen molar-refractivity contribution in [2.24, 2.45) is 0 Å². The van der Waals surface area contributed by atoms with Crippen LogP contribution < -0.4 is 0 Å². The monoisotopic (exact) mass is 270 g/mol. The van der Waals surface area contributed by atoms with Crippen molar-refractivity contribution in [3.63, 3.8) is 0 Å². The second-order valence-electron chi connectivity index (χ2n) is 4.52. The van der Waals surface area contributed by atoms with E-state index in [0.717, 1.165) is 0 Å². The number of carboxylic acids is 1. The van der Waals surface area contributed by atoms with Gasteiger partial charge in [0.25, 0.3) is 5.91 Å². The van der Waals surface area contributed by atoms with Gasteiger partial charge < -0.3 is 10.0 Å². The summed E-state index contributed by atoms with van der Waals surface area (Å²) in [5, 5.41) is 8.98. The van der Waals surface area contributed by atoms with Crippen LogP contribution in [0.1, 0.15) is 20.7 Å². The highest BCUT2D eigenvalue weighted by Crippen LogP contribution is 2.19. The summed E-state index contributed by atoms with van der Waals surface area (Å²) in [5.74, 6) is -1.12. The van der Waals surface area contributed by atoms with E-state index in [-0.39, 0.29) is 11.5 Å². The molecule has 1 aromatic heterocycles. The van der Waals surface area contributed by atoms with Crippen LogP contribution >= 0.6 is 0 Å². The quantitative estimate of drug-likeness (QED) is 0.927. The average molecular weight is 270 g/mol. The zero-order chi connectivity index (χ0) is 14.7. The third-order valence-electron chi connectivity index (χ3n) is 2.82. The van der Waals surface area contributed by atoms with Crippen LogP contribution in [0, 0.1) is 0 Å².